The number of hydrogen-bond donors (Lipinski definition) is 1. The number of furan rings is 1. The number of hydrogen-bond acceptors (Lipinski definition) is 6. The lowest BCUT2D eigenvalue weighted by Crippen LogP contribution is -2.24. The number of aryl methyl sites for hydroxylation is 1. The Bertz CT molecular complexity index is 941. The zero-order valence-corrected chi connectivity index (χ0v) is 15.9. The van der Waals surface area contributed by atoms with Gasteiger partial charge in [0.15, 0.2) is 11.6 Å². The van der Waals surface area contributed by atoms with Gasteiger partial charge in [0.2, 0.25) is 5.91 Å². The second-order valence-electron chi connectivity index (χ2n) is 5.88. The molecule has 7 heteroatoms. The Labute approximate surface area is 161 Å². The molecule has 2 aromatic heterocycles. The Morgan fingerprint density at radius 3 is 2.56 bits per heavy atom. The van der Waals surface area contributed by atoms with Crippen molar-refractivity contribution in [2.24, 2.45) is 0 Å². The van der Waals surface area contributed by atoms with Crippen molar-refractivity contribution in [1.29, 1.82) is 0 Å². The fourth-order valence-electron chi connectivity index (χ4n) is 2.56. The van der Waals surface area contributed by atoms with Crippen LogP contribution in [0.3, 0.4) is 0 Å². The normalized spacial score (nSPS) is 10.6. The summed E-state index contributed by atoms with van der Waals surface area (Å²) in [6.45, 7) is 3.59. The van der Waals surface area contributed by atoms with Crippen LogP contribution in [0.5, 0.6) is 0 Å². The van der Waals surface area contributed by atoms with Gasteiger partial charge in [0.1, 0.15) is 10.8 Å². The summed E-state index contributed by atoms with van der Waals surface area (Å²) in [6.07, 6.45) is 1.56. The van der Waals surface area contributed by atoms with Crippen LogP contribution in [0.25, 0.3) is 11.4 Å². The van der Waals surface area contributed by atoms with Crippen molar-refractivity contribution in [2.75, 3.05) is 5.75 Å². The van der Waals surface area contributed by atoms with Crippen LogP contribution in [0.2, 0.25) is 0 Å². The minimum absolute atomic E-state index is 0.120. The van der Waals surface area contributed by atoms with Gasteiger partial charge in [-0.2, -0.15) is 0 Å². The molecule has 138 valence electrons. The average Bonchev–Trinajstić information content (AvgIpc) is 3.18. The molecular formula is C20H19N3O3S. The highest BCUT2D eigenvalue weighted by atomic mass is 32.2. The van der Waals surface area contributed by atoms with E-state index in [1.807, 2.05) is 30.3 Å². The largest absolute Gasteiger partial charge is 0.467 e. The van der Waals surface area contributed by atoms with Crippen LogP contribution in [0.4, 0.5) is 0 Å². The molecule has 0 atom stereocenters. The zero-order chi connectivity index (χ0) is 19.2. The molecule has 2 heterocycles. The first-order chi connectivity index (χ1) is 13.0. The third-order valence-corrected chi connectivity index (χ3v) is 4.80. The van der Waals surface area contributed by atoms with Gasteiger partial charge < -0.3 is 9.73 Å². The molecule has 0 saturated carbocycles. The fraction of sp³-hybridized carbons (Fsp3) is 0.200. The highest BCUT2D eigenvalue weighted by molar-refractivity contribution is 8.00. The Hall–Kier alpha value is -2.93. The summed E-state index contributed by atoms with van der Waals surface area (Å²) in [6, 6.07) is 13.1. The van der Waals surface area contributed by atoms with Gasteiger partial charge >= 0.3 is 0 Å². The number of aromatic nitrogens is 2. The number of carbonyl (C=O) groups is 2. The van der Waals surface area contributed by atoms with Gasteiger partial charge in [0.05, 0.1) is 29.8 Å². The second-order valence-corrected chi connectivity index (χ2v) is 6.84. The van der Waals surface area contributed by atoms with Gasteiger partial charge in [0.25, 0.3) is 0 Å². The van der Waals surface area contributed by atoms with E-state index in [1.165, 1.54) is 18.7 Å². The van der Waals surface area contributed by atoms with Gasteiger partial charge in [0, 0.05) is 5.56 Å². The van der Waals surface area contributed by atoms with Crippen LogP contribution in [0.15, 0.2) is 58.2 Å². The molecule has 0 aliphatic carbocycles. The molecule has 0 spiro atoms. The molecule has 3 aromatic rings. The smallest absolute Gasteiger partial charge is 0.230 e. The molecule has 6 nitrogen and oxygen atoms in total. The predicted octanol–water partition coefficient (Wildman–Crippen LogP) is 3.66. The molecular weight excluding hydrogens is 362 g/mol. The first kappa shape index (κ1) is 18.8. The summed E-state index contributed by atoms with van der Waals surface area (Å²) >= 11 is 1.23. The minimum Gasteiger partial charge on any atom is -0.467 e. The number of amides is 1. The molecule has 1 amide bonds. The predicted molar refractivity (Wildman–Crippen MR) is 103 cm³/mol. The maximum Gasteiger partial charge on any atom is 0.230 e. The van der Waals surface area contributed by atoms with Crippen molar-refractivity contribution >= 4 is 23.5 Å². The Kier molecular flexibility index (Phi) is 6.03. The summed E-state index contributed by atoms with van der Waals surface area (Å²) in [4.78, 5) is 33.2. The maximum absolute atomic E-state index is 12.1. The number of benzene rings is 1. The second kappa shape index (κ2) is 8.64. The third kappa shape index (κ3) is 4.83. The van der Waals surface area contributed by atoms with Gasteiger partial charge in [-0.25, -0.2) is 9.97 Å². The van der Waals surface area contributed by atoms with Gasteiger partial charge in [-0.15, -0.1) is 0 Å². The summed E-state index contributed by atoms with van der Waals surface area (Å²) in [5.41, 5.74) is 1.92. The van der Waals surface area contributed by atoms with Crippen molar-refractivity contribution in [1.82, 2.24) is 15.3 Å². The number of nitrogens with one attached hydrogen (secondary N) is 1. The van der Waals surface area contributed by atoms with Crippen LogP contribution >= 0.6 is 11.8 Å². The highest BCUT2D eigenvalue weighted by Crippen LogP contribution is 2.26. The Morgan fingerprint density at radius 2 is 1.89 bits per heavy atom. The summed E-state index contributed by atoms with van der Waals surface area (Å²) in [5.74, 6) is 1.08. The topological polar surface area (TPSA) is 85.1 Å². The first-order valence-corrected chi connectivity index (χ1v) is 9.40. The molecule has 1 N–H and O–H groups in total. The van der Waals surface area contributed by atoms with E-state index in [9.17, 15) is 9.59 Å². The quantitative estimate of drug-likeness (QED) is 0.382. The first-order valence-electron chi connectivity index (χ1n) is 8.41. The molecule has 0 aliphatic heterocycles. The van der Waals surface area contributed by atoms with Crippen molar-refractivity contribution in [3.05, 3.63) is 65.7 Å². The van der Waals surface area contributed by atoms with Crippen LogP contribution in [0, 0.1) is 6.92 Å². The number of thioether (sulfide) groups is 1. The molecule has 27 heavy (non-hydrogen) atoms. The molecule has 0 bridgehead atoms. The van der Waals surface area contributed by atoms with Gasteiger partial charge in [-0.3, -0.25) is 9.59 Å². The van der Waals surface area contributed by atoms with Crippen molar-refractivity contribution in [3.63, 3.8) is 0 Å². The van der Waals surface area contributed by atoms with E-state index in [2.05, 4.69) is 15.3 Å². The molecule has 0 unspecified atom stereocenters. The van der Waals surface area contributed by atoms with E-state index in [-0.39, 0.29) is 17.4 Å². The lowest BCUT2D eigenvalue weighted by molar-refractivity contribution is -0.118. The summed E-state index contributed by atoms with van der Waals surface area (Å²) in [7, 11) is 0. The van der Waals surface area contributed by atoms with E-state index >= 15 is 0 Å². The molecule has 0 fully saturated rings. The number of rotatable bonds is 7. The number of Topliss-reactive ketones (excluding diaryl/α,β-unsaturated/α-hetero) is 1. The van der Waals surface area contributed by atoms with Crippen LogP contribution in [0.1, 0.15) is 28.7 Å². The SMILES string of the molecule is CC(=O)c1c(C)nc(-c2ccccc2)nc1SCC(=O)NCc1ccco1. The molecule has 0 radical (unpaired) electrons. The zero-order valence-electron chi connectivity index (χ0n) is 15.1. The lowest BCUT2D eigenvalue weighted by Gasteiger charge is -2.11. The standard InChI is InChI=1S/C20H19N3O3S/c1-13-18(14(2)24)20(23-19(22-13)15-7-4-3-5-8-15)27-12-17(25)21-11-16-9-6-10-26-16/h3-10H,11-12H2,1-2H3,(H,21,25). The average molecular weight is 381 g/mol. The number of nitrogens with zero attached hydrogens (tertiary/aromatic N) is 2. The Morgan fingerprint density at radius 1 is 1.11 bits per heavy atom. The lowest BCUT2D eigenvalue weighted by atomic mass is 10.1. The maximum atomic E-state index is 12.1. The highest BCUT2D eigenvalue weighted by Gasteiger charge is 2.18. The van der Waals surface area contributed by atoms with Crippen molar-refractivity contribution in [3.8, 4) is 11.4 Å². The third-order valence-electron chi connectivity index (χ3n) is 3.82. The van der Waals surface area contributed by atoms with E-state index < -0.39 is 0 Å². The van der Waals surface area contributed by atoms with Crippen LogP contribution < -0.4 is 5.32 Å². The van der Waals surface area contributed by atoms with E-state index in [4.69, 9.17) is 4.42 Å². The number of carbonyl (C=O) groups excluding carboxylic acids is 2. The Balaban J connectivity index is 1.77. The molecule has 0 aliphatic rings. The van der Waals surface area contributed by atoms with Crippen LogP contribution in [-0.4, -0.2) is 27.4 Å². The monoisotopic (exact) mass is 381 g/mol. The van der Waals surface area contributed by atoms with Gasteiger partial charge in [-0.05, 0) is 26.0 Å². The van der Waals surface area contributed by atoms with E-state index in [1.54, 1.807) is 25.3 Å². The van der Waals surface area contributed by atoms with Crippen molar-refractivity contribution < 1.29 is 14.0 Å². The summed E-state index contributed by atoms with van der Waals surface area (Å²) < 4.78 is 5.19. The molecule has 1 aromatic carbocycles. The van der Waals surface area contributed by atoms with Crippen molar-refractivity contribution in [2.45, 2.75) is 25.4 Å². The molecule has 0 saturated heterocycles. The number of ketones is 1. The van der Waals surface area contributed by atoms with Gasteiger partial charge in [-0.1, -0.05) is 42.1 Å². The van der Waals surface area contributed by atoms with Crippen LogP contribution in [-0.2, 0) is 11.3 Å². The minimum atomic E-state index is -0.163. The van der Waals surface area contributed by atoms with E-state index in [0.717, 1.165) is 5.56 Å². The van der Waals surface area contributed by atoms with E-state index in [0.29, 0.717) is 34.4 Å². The molecule has 3 rings (SSSR count). The fourth-order valence-corrected chi connectivity index (χ4v) is 3.51. The summed E-state index contributed by atoms with van der Waals surface area (Å²) in [5, 5.41) is 3.30.